The number of nitrogens with zero attached hydrogens (tertiary/aromatic N) is 3. The number of hydrogen-bond acceptors (Lipinski definition) is 5. The summed E-state index contributed by atoms with van der Waals surface area (Å²) in [5, 5.41) is 5.61. The monoisotopic (exact) mass is 236 g/mol. The van der Waals surface area contributed by atoms with Crippen molar-refractivity contribution < 1.29 is 14.3 Å². The predicted octanol–water partition coefficient (Wildman–Crippen LogP) is 0.697. The predicted molar refractivity (Wildman–Crippen MR) is 60.8 cm³/mol. The van der Waals surface area contributed by atoms with Crippen LogP contribution in [0, 0.1) is 0 Å². The number of urea groups is 1. The smallest absolute Gasteiger partial charge is 0.340 e. The van der Waals surface area contributed by atoms with Gasteiger partial charge in [-0.15, -0.1) is 0 Å². The van der Waals surface area contributed by atoms with Gasteiger partial charge >= 0.3 is 12.0 Å². The van der Waals surface area contributed by atoms with E-state index in [0.717, 1.165) is 0 Å². The molecule has 0 aromatic carbocycles. The molecular formula is C10H12N4O3. The van der Waals surface area contributed by atoms with E-state index in [1.807, 2.05) is 0 Å². The first-order chi connectivity index (χ1) is 8.04. The SMILES string of the molecule is COC(=O)c1cnc2c(c1)NC(=O)N(C)N2C. The number of ether oxygens (including phenoxy) is 1. The van der Waals surface area contributed by atoms with E-state index in [0.29, 0.717) is 17.1 Å². The van der Waals surface area contributed by atoms with E-state index >= 15 is 0 Å². The number of carbonyl (C=O) groups excluding carboxylic acids is 2. The Balaban J connectivity index is 2.44. The van der Waals surface area contributed by atoms with E-state index in [9.17, 15) is 9.59 Å². The first-order valence-corrected chi connectivity index (χ1v) is 4.91. The number of hydrazine groups is 1. The highest BCUT2D eigenvalue weighted by atomic mass is 16.5. The molecule has 1 N–H and O–H groups in total. The van der Waals surface area contributed by atoms with Crippen LogP contribution in [0.4, 0.5) is 16.3 Å². The van der Waals surface area contributed by atoms with Crippen LogP contribution in [0.5, 0.6) is 0 Å². The molecule has 0 aliphatic carbocycles. The van der Waals surface area contributed by atoms with Crippen molar-refractivity contribution in [3.05, 3.63) is 17.8 Å². The van der Waals surface area contributed by atoms with E-state index in [2.05, 4.69) is 15.0 Å². The number of aromatic nitrogens is 1. The quantitative estimate of drug-likeness (QED) is 0.726. The van der Waals surface area contributed by atoms with Crippen molar-refractivity contribution in [1.82, 2.24) is 9.99 Å². The van der Waals surface area contributed by atoms with Gasteiger partial charge in [0.2, 0.25) is 0 Å². The Labute approximate surface area is 97.9 Å². The minimum atomic E-state index is -0.490. The van der Waals surface area contributed by atoms with E-state index in [1.54, 1.807) is 19.1 Å². The standard InChI is InChI=1S/C10H12N4O3/c1-13-8-7(12-10(16)14(13)2)4-6(5-11-8)9(15)17-3/h4-5H,1-3H3,(H,12,16). The lowest BCUT2D eigenvalue weighted by Crippen LogP contribution is -2.48. The van der Waals surface area contributed by atoms with Gasteiger partial charge in [0.15, 0.2) is 5.82 Å². The highest BCUT2D eigenvalue weighted by Crippen LogP contribution is 2.28. The third-order valence-corrected chi connectivity index (χ3v) is 2.58. The number of amides is 2. The Morgan fingerprint density at radius 3 is 2.76 bits per heavy atom. The third kappa shape index (κ3) is 1.75. The zero-order chi connectivity index (χ0) is 12.6. The van der Waals surface area contributed by atoms with Crippen molar-refractivity contribution in [2.45, 2.75) is 0 Å². The highest BCUT2D eigenvalue weighted by molar-refractivity contribution is 5.99. The Hall–Kier alpha value is -2.31. The number of fused-ring (bicyclic) bond motifs is 1. The number of rotatable bonds is 1. The lowest BCUT2D eigenvalue weighted by molar-refractivity contribution is 0.0600. The Kier molecular flexibility index (Phi) is 2.58. The van der Waals surface area contributed by atoms with Crippen LogP contribution in [0.1, 0.15) is 10.4 Å². The number of methoxy groups -OCH3 is 1. The largest absolute Gasteiger partial charge is 0.465 e. The molecule has 7 heteroatoms. The number of nitrogens with one attached hydrogen (secondary N) is 1. The maximum absolute atomic E-state index is 11.5. The molecule has 1 aliphatic heterocycles. The molecular weight excluding hydrogens is 224 g/mol. The molecule has 0 saturated carbocycles. The second-order valence-corrected chi connectivity index (χ2v) is 3.56. The molecule has 7 nitrogen and oxygen atoms in total. The first kappa shape index (κ1) is 11.2. The Morgan fingerprint density at radius 1 is 1.41 bits per heavy atom. The normalized spacial score (nSPS) is 14.2. The minimum absolute atomic E-state index is 0.288. The summed E-state index contributed by atoms with van der Waals surface area (Å²) in [5.41, 5.74) is 0.781. The van der Waals surface area contributed by atoms with Crippen molar-refractivity contribution in [3.8, 4) is 0 Å². The molecule has 0 spiro atoms. The van der Waals surface area contributed by atoms with Gasteiger partial charge in [-0.3, -0.25) is 5.01 Å². The van der Waals surface area contributed by atoms with Crippen molar-refractivity contribution in [1.29, 1.82) is 0 Å². The summed E-state index contributed by atoms with van der Waals surface area (Å²) >= 11 is 0. The number of esters is 1. The third-order valence-electron chi connectivity index (χ3n) is 2.58. The molecule has 90 valence electrons. The van der Waals surface area contributed by atoms with Crippen LogP contribution in [0.15, 0.2) is 12.3 Å². The summed E-state index contributed by atoms with van der Waals surface area (Å²) in [6.45, 7) is 0. The lowest BCUT2D eigenvalue weighted by Gasteiger charge is -2.34. The summed E-state index contributed by atoms with van der Waals surface area (Å²) in [4.78, 5) is 27.0. The molecule has 0 saturated heterocycles. The molecule has 1 aromatic heterocycles. The Bertz CT molecular complexity index is 488. The molecule has 17 heavy (non-hydrogen) atoms. The molecule has 2 amide bonds. The van der Waals surface area contributed by atoms with Crippen LogP contribution in [0.2, 0.25) is 0 Å². The van der Waals surface area contributed by atoms with Crippen molar-refractivity contribution in [3.63, 3.8) is 0 Å². The highest BCUT2D eigenvalue weighted by Gasteiger charge is 2.26. The van der Waals surface area contributed by atoms with Gasteiger partial charge < -0.3 is 10.1 Å². The van der Waals surface area contributed by atoms with Gasteiger partial charge in [0.05, 0.1) is 18.4 Å². The van der Waals surface area contributed by atoms with Gasteiger partial charge in [-0.2, -0.15) is 0 Å². The zero-order valence-electron chi connectivity index (χ0n) is 9.72. The summed E-state index contributed by atoms with van der Waals surface area (Å²) in [6.07, 6.45) is 1.41. The maximum atomic E-state index is 11.5. The van der Waals surface area contributed by atoms with Crippen LogP contribution in [0.25, 0.3) is 0 Å². The van der Waals surface area contributed by atoms with Crippen LogP contribution < -0.4 is 10.3 Å². The van der Waals surface area contributed by atoms with Gasteiger partial charge in [-0.1, -0.05) is 0 Å². The maximum Gasteiger partial charge on any atom is 0.340 e. The summed E-state index contributed by atoms with van der Waals surface area (Å²) in [5.74, 6) is 0.0795. The zero-order valence-corrected chi connectivity index (χ0v) is 9.72. The van der Waals surface area contributed by atoms with Gasteiger partial charge in [0.1, 0.15) is 0 Å². The van der Waals surface area contributed by atoms with Crippen molar-refractivity contribution >= 4 is 23.5 Å². The molecule has 1 aliphatic rings. The molecule has 2 heterocycles. The average Bonchev–Trinajstić information content (AvgIpc) is 2.34. The molecule has 0 atom stereocenters. The van der Waals surface area contributed by atoms with Gasteiger partial charge in [0.25, 0.3) is 0 Å². The first-order valence-electron chi connectivity index (χ1n) is 4.91. The molecule has 0 bridgehead atoms. The van der Waals surface area contributed by atoms with Crippen molar-refractivity contribution in [2.24, 2.45) is 0 Å². The van der Waals surface area contributed by atoms with E-state index < -0.39 is 5.97 Å². The van der Waals surface area contributed by atoms with Crippen LogP contribution in [-0.4, -0.2) is 43.2 Å². The summed E-state index contributed by atoms with van der Waals surface area (Å²) < 4.78 is 4.59. The fraction of sp³-hybridized carbons (Fsp3) is 0.300. The van der Waals surface area contributed by atoms with Gasteiger partial charge in [-0.05, 0) is 6.07 Å². The number of anilines is 2. The fourth-order valence-electron chi connectivity index (χ4n) is 1.51. The molecule has 2 rings (SSSR count). The molecule has 0 radical (unpaired) electrons. The minimum Gasteiger partial charge on any atom is -0.465 e. The van der Waals surface area contributed by atoms with E-state index in [4.69, 9.17) is 0 Å². The van der Waals surface area contributed by atoms with Gasteiger partial charge in [-0.25, -0.2) is 19.6 Å². The summed E-state index contributed by atoms with van der Waals surface area (Å²) in [7, 11) is 4.62. The second-order valence-electron chi connectivity index (χ2n) is 3.56. The fourth-order valence-corrected chi connectivity index (χ4v) is 1.51. The number of pyridine rings is 1. The van der Waals surface area contributed by atoms with Crippen LogP contribution >= 0.6 is 0 Å². The summed E-state index contributed by atoms with van der Waals surface area (Å²) in [6, 6.07) is 1.25. The average molecular weight is 236 g/mol. The number of hydrogen-bond donors (Lipinski definition) is 1. The molecule has 0 unspecified atom stereocenters. The molecule has 1 aromatic rings. The van der Waals surface area contributed by atoms with E-state index in [-0.39, 0.29) is 6.03 Å². The van der Waals surface area contributed by atoms with Crippen LogP contribution in [0.3, 0.4) is 0 Å². The Morgan fingerprint density at radius 2 is 2.12 bits per heavy atom. The second kappa shape index (κ2) is 3.93. The molecule has 0 fully saturated rings. The van der Waals surface area contributed by atoms with E-state index in [1.165, 1.54) is 24.4 Å². The lowest BCUT2D eigenvalue weighted by atomic mass is 10.2. The van der Waals surface area contributed by atoms with Crippen LogP contribution in [-0.2, 0) is 4.74 Å². The number of carbonyl (C=O) groups is 2. The van der Waals surface area contributed by atoms with Crippen molar-refractivity contribution in [2.75, 3.05) is 31.5 Å². The van der Waals surface area contributed by atoms with Gasteiger partial charge in [0, 0.05) is 20.3 Å². The topological polar surface area (TPSA) is 74.8 Å².